The van der Waals surface area contributed by atoms with Gasteiger partial charge in [0.15, 0.2) is 0 Å². The summed E-state index contributed by atoms with van der Waals surface area (Å²) in [7, 11) is 0. The molecule has 0 radical (unpaired) electrons. The third-order valence-electron chi connectivity index (χ3n) is 2.91. The molecule has 2 aromatic rings. The van der Waals surface area contributed by atoms with Crippen molar-refractivity contribution in [2.75, 3.05) is 19.8 Å². The second kappa shape index (κ2) is 6.73. The summed E-state index contributed by atoms with van der Waals surface area (Å²) in [5.41, 5.74) is 5.58. The third-order valence-corrected chi connectivity index (χ3v) is 2.91. The Balaban J connectivity index is 1.79. The molecule has 0 atom stereocenters. The zero-order valence-corrected chi connectivity index (χ0v) is 12.3. The van der Waals surface area contributed by atoms with Crippen LogP contribution >= 0.6 is 0 Å². The quantitative estimate of drug-likeness (QED) is 0.787. The van der Waals surface area contributed by atoms with E-state index in [0.29, 0.717) is 19.8 Å². The van der Waals surface area contributed by atoms with Gasteiger partial charge in [0.05, 0.1) is 13.2 Å². The second-order valence-corrected chi connectivity index (χ2v) is 5.72. The summed E-state index contributed by atoms with van der Waals surface area (Å²) >= 11 is 0. The summed E-state index contributed by atoms with van der Waals surface area (Å²) in [5, 5.41) is 2.35. The van der Waals surface area contributed by atoms with Crippen LogP contribution in [0.15, 0.2) is 42.5 Å². The third kappa shape index (κ3) is 4.51. The van der Waals surface area contributed by atoms with Crippen LogP contribution in [0.1, 0.15) is 20.3 Å². The van der Waals surface area contributed by atoms with Crippen molar-refractivity contribution in [3.05, 3.63) is 42.5 Å². The Kier molecular flexibility index (Phi) is 4.99. The molecule has 3 heteroatoms. The molecular weight excluding hydrogens is 250 g/mol. The molecule has 0 heterocycles. The Labute approximate surface area is 120 Å². The van der Waals surface area contributed by atoms with E-state index in [1.165, 1.54) is 5.39 Å². The molecule has 0 saturated carbocycles. The van der Waals surface area contributed by atoms with Crippen molar-refractivity contribution in [2.45, 2.75) is 25.8 Å². The molecule has 0 bridgehead atoms. The molecule has 0 spiro atoms. The largest absolute Gasteiger partial charge is 0.493 e. The normalized spacial score (nSPS) is 11.8. The van der Waals surface area contributed by atoms with Crippen LogP contribution < -0.4 is 10.5 Å². The van der Waals surface area contributed by atoms with E-state index in [2.05, 4.69) is 18.2 Å². The first-order valence-electron chi connectivity index (χ1n) is 7.03. The molecule has 0 saturated heterocycles. The topological polar surface area (TPSA) is 44.5 Å². The molecule has 3 nitrogen and oxygen atoms in total. The molecule has 20 heavy (non-hydrogen) atoms. The highest BCUT2D eigenvalue weighted by molar-refractivity contribution is 5.88. The van der Waals surface area contributed by atoms with Gasteiger partial charge in [-0.1, -0.05) is 36.4 Å². The molecule has 0 aromatic heterocycles. The Hall–Kier alpha value is -1.58. The van der Waals surface area contributed by atoms with E-state index < -0.39 is 0 Å². The highest BCUT2D eigenvalue weighted by Gasteiger charge is 2.09. The number of nitrogens with two attached hydrogens (primary N) is 1. The molecule has 0 fully saturated rings. The Morgan fingerprint density at radius 1 is 1.00 bits per heavy atom. The minimum atomic E-state index is -0.267. The molecular formula is C17H23NO2. The number of ether oxygens (including phenoxy) is 2. The lowest BCUT2D eigenvalue weighted by atomic mass is 10.1. The maximum absolute atomic E-state index is 5.85. The zero-order chi connectivity index (χ0) is 14.4. The van der Waals surface area contributed by atoms with Gasteiger partial charge < -0.3 is 15.2 Å². The highest BCUT2D eigenvalue weighted by atomic mass is 16.5. The van der Waals surface area contributed by atoms with Crippen molar-refractivity contribution in [3.63, 3.8) is 0 Å². The molecule has 0 unspecified atom stereocenters. The summed E-state index contributed by atoms with van der Waals surface area (Å²) in [6.07, 6.45) is 0.860. The van der Waals surface area contributed by atoms with Crippen molar-refractivity contribution in [2.24, 2.45) is 5.73 Å². The molecule has 0 aliphatic heterocycles. The molecule has 108 valence electrons. The minimum Gasteiger partial charge on any atom is -0.493 e. The molecule has 2 rings (SSSR count). The fourth-order valence-electron chi connectivity index (χ4n) is 2.00. The Morgan fingerprint density at radius 2 is 1.75 bits per heavy atom. The molecule has 2 aromatic carbocycles. The van der Waals surface area contributed by atoms with Gasteiger partial charge in [-0.2, -0.15) is 0 Å². The van der Waals surface area contributed by atoms with E-state index in [1.807, 2.05) is 38.1 Å². The van der Waals surface area contributed by atoms with Crippen LogP contribution in [-0.4, -0.2) is 25.4 Å². The van der Waals surface area contributed by atoms with Crippen molar-refractivity contribution in [1.29, 1.82) is 0 Å². The molecule has 0 aliphatic carbocycles. The van der Waals surface area contributed by atoms with E-state index >= 15 is 0 Å². The number of benzene rings is 2. The van der Waals surface area contributed by atoms with Gasteiger partial charge >= 0.3 is 0 Å². The van der Waals surface area contributed by atoms with Crippen LogP contribution in [0, 0.1) is 0 Å². The van der Waals surface area contributed by atoms with Gasteiger partial charge in [0.1, 0.15) is 5.75 Å². The lowest BCUT2D eigenvalue weighted by molar-refractivity contribution is 0.0872. The Morgan fingerprint density at radius 3 is 2.55 bits per heavy atom. The fourth-order valence-corrected chi connectivity index (χ4v) is 2.00. The average Bonchev–Trinajstić information content (AvgIpc) is 2.41. The lowest BCUT2D eigenvalue weighted by Gasteiger charge is -2.18. The molecule has 2 N–H and O–H groups in total. The smallest absolute Gasteiger partial charge is 0.127 e. The van der Waals surface area contributed by atoms with Crippen molar-refractivity contribution >= 4 is 10.8 Å². The van der Waals surface area contributed by atoms with Gasteiger partial charge in [0.2, 0.25) is 0 Å². The summed E-state index contributed by atoms with van der Waals surface area (Å²) in [6.45, 7) is 5.81. The van der Waals surface area contributed by atoms with Crippen molar-refractivity contribution < 1.29 is 9.47 Å². The second-order valence-electron chi connectivity index (χ2n) is 5.72. The fraction of sp³-hybridized carbons (Fsp3) is 0.412. The standard InChI is InChI=1S/C17H23NO2/c1-17(2,18)13-19-11-6-12-20-16-10-5-8-14-7-3-4-9-15(14)16/h3-5,7-10H,6,11-13,18H2,1-2H3. The van der Waals surface area contributed by atoms with Crippen LogP contribution in [0.25, 0.3) is 10.8 Å². The highest BCUT2D eigenvalue weighted by Crippen LogP contribution is 2.25. The maximum atomic E-state index is 5.85. The lowest BCUT2D eigenvalue weighted by Crippen LogP contribution is -2.37. The molecule has 0 amide bonds. The predicted octanol–water partition coefficient (Wildman–Crippen LogP) is 3.36. The number of hydrogen-bond donors (Lipinski definition) is 1. The van der Waals surface area contributed by atoms with E-state index in [4.69, 9.17) is 15.2 Å². The first-order chi connectivity index (χ1) is 9.56. The van der Waals surface area contributed by atoms with E-state index in [0.717, 1.165) is 17.6 Å². The van der Waals surface area contributed by atoms with E-state index in [1.54, 1.807) is 0 Å². The molecule has 0 aliphatic rings. The van der Waals surface area contributed by atoms with Gasteiger partial charge in [-0.15, -0.1) is 0 Å². The zero-order valence-electron chi connectivity index (χ0n) is 12.3. The van der Waals surface area contributed by atoms with Crippen LogP contribution in [0.4, 0.5) is 0 Å². The van der Waals surface area contributed by atoms with Crippen molar-refractivity contribution in [1.82, 2.24) is 0 Å². The van der Waals surface area contributed by atoms with E-state index in [-0.39, 0.29) is 5.54 Å². The summed E-state index contributed by atoms with van der Waals surface area (Å²) < 4.78 is 11.4. The number of rotatable bonds is 7. The van der Waals surface area contributed by atoms with Gasteiger partial charge in [-0.25, -0.2) is 0 Å². The van der Waals surface area contributed by atoms with Crippen molar-refractivity contribution in [3.8, 4) is 5.75 Å². The number of hydrogen-bond acceptors (Lipinski definition) is 3. The summed E-state index contributed by atoms with van der Waals surface area (Å²) in [5.74, 6) is 0.933. The van der Waals surface area contributed by atoms with Crippen LogP contribution in [0.3, 0.4) is 0 Å². The van der Waals surface area contributed by atoms with Gasteiger partial charge in [-0.05, 0) is 25.3 Å². The van der Waals surface area contributed by atoms with E-state index in [9.17, 15) is 0 Å². The minimum absolute atomic E-state index is 0.267. The summed E-state index contributed by atoms with van der Waals surface area (Å²) in [4.78, 5) is 0. The van der Waals surface area contributed by atoms with Crippen LogP contribution in [0.2, 0.25) is 0 Å². The first-order valence-corrected chi connectivity index (χ1v) is 7.03. The monoisotopic (exact) mass is 273 g/mol. The van der Waals surface area contributed by atoms with Crippen LogP contribution in [-0.2, 0) is 4.74 Å². The Bertz CT molecular complexity index is 541. The van der Waals surface area contributed by atoms with Gasteiger partial charge in [0.25, 0.3) is 0 Å². The maximum Gasteiger partial charge on any atom is 0.127 e. The van der Waals surface area contributed by atoms with Crippen LogP contribution in [0.5, 0.6) is 5.75 Å². The van der Waals surface area contributed by atoms with Gasteiger partial charge in [0, 0.05) is 24.0 Å². The average molecular weight is 273 g/mol. The first kappa shape index (κ1) is 14.8. The SMILES string of the molecule is CC(C)(N)COCCCOc1cccc2ccccc12. The van der Waals surface area contributed by atoms with Gasteiger partial charge in [-0.3, -0.25) is 0 Å². The summed E-state index contributed by atoms with van der Waals surface area (Å²) in [6, 6.07) is 14.4. The predicted molar refractivity (Wildman–Crippen MR) is 83.1 cm³/mol. The number of fused-ring (bicyclic) bond motifs is 1.